The summed E-state index contributed by atoms with van der Waals surface area (Å²) in [6, 6.07) is 8.70. The van der Waals surface area contributed by atoms with Crippen molar-refractivity contribution in [3.8, 4) is 0 Å². The van der Waals surface area contributed by atoms with E-state index in [1.54, 1.807) is 0 Å². The molecule has 2 fully saturated rings. The van der Waals surface area contributed by atoms with Crippen LogP contribution in [0, 0.1) is 5.92 Å². The van der Waals surface area contributed by atoms with Gasteiger partial charge in [-0.2, -0.15) is 0 Å². The number of rotatable bonds is 5. The fraction of sp³-hybridized carbons (Fsp3) is 0.533. The fourth-order valence-corrected chi connectivity index (χ4v) is 2.68. The average Bonchev–Trinajstić information content (AvgIpc) is 3.18. The van der Waals surface area contributed by atoms with E-state index in [-0.39, 0.29) is 12.3 Å². The second kappa shape index (κ2) is 4.17. The third-order valence-corrected chi connectivity index (χ3v) is 4.00. The van der Waals surface area contributed by atoms with Crippen LogP contribution in [0.25, 0.3) is 0 Å². The third kappa shape index (κ3) is 2.51. The molecule has 1 N–H and O–H groups in total. The van der Waals surface area contributed by atoms with Gasteiger partial charge in [0.2, 0.25) is 0 Å². The highest BCUT2D eigenvalue weighted by atomic mass is 16.4. The lowest BCUT2D eigenvalue weighted by Crippen LogP contribution is -2.08. The predicted octanol–water partition coefficient (Wildman–Crippen LogP) is 3.53. The van der Waals surface area contributed by atoms with Crippen LogP contribution < -0.4 is 0 Å². The molecule has 0 saturated heterocycles. The van der Waals surface area contributed by atoms with Crippen molar-refractivity contribution in [2.45, 2.75) is 43.9 Å². The van der Waals surface area contributed by atoms with Crippen LogP contribution in [0.2, 0.25) is 0 Å². The van der Waals surface area contributed by atoms with Crippen molar-refractivity contribution in [1.82, 2.24) is 0 Å². The van der Waals surface area contributed by atoms with Gasteiger partial charge in [0.05, 0.1) is 6.42 Å². The molecule has 1 aromatic carbocycles. The van der Waals surface area contributed by atoms with Crippen molar-refractivity contribution in [3.05, 3.63) is 35.4 Å². The molecule has 1 unspecified atom stereocenters. The van der Waals surface area contributed by atoms with Gasteiger partial charge in [-0.25, -0.2) is 0 Å². The Morgan fingerprint density at radius 3 is 2.29 bits per heavy atom. The van der Waals surface area contributed by atoms with Gasteiger partial charge in [-0.3, -0.25) is 4.79 Å². The number of hydrogen-bond donors (Lipinski definition) is 1. The largest absolute Gasteiger partial charge is 0.481 e. The quantitative estimate of drug-likeness (QED) is 0.840. The van der Waals surface area contributed by atoms with Crippen LogP contribution in [0.1, 0.15) is 55.1 Å². The molecule has 0 spiro atoms. The Hall–Kier alpha value is -1.31. The summed E-state index contributed by atoms with van der Waals surface area (Å²) in [7, 11) is 0. The molecule has 1 aromatic rings. The van der Waals surface area contributed by atoms with Crippen molar-refractivity contribution >= 4 is 5.97 Å². The Kier molecular flexibility index (Phi) is 2.65. The zero-order valence-electron chi connectivity index (χ0n) is 9.93. The van der Waals surface area contributed by atoms with Gasteiger partial charge in [0.15, 0.2) is 0 Å². The van der Waals surface area contributed by atoms with Gasteiger partial charge >= 0.3 is 5.97 Å². The second-order valence-corrected chi connectivity index (χ2v) is 5.48. The van der Waals surface area contributed by atoms with Crippen LogP contribution >= 0.6 is 0 Å². The highest BCUT2D eigenvalue weighted by Crippen LogP contribution is 2.45. The Labute approximate surface area is 102 Å². The molecule has 0 bridgehead atoms. The SMILES string of the molecule is O=C(O)CC(c1ccc(C2CC2)cc1)C1CC1. The van der Waals surface area contributed by atoms with Crippen molar-refractivity contribution < 1.29 is 9.90 Å². The maximum atomic E-state index is 10.9. The number of carboxylic acid groups (broad SMARTS) is 1. The summed E-state index contributed by atoms with van der Waals surface area (Å²) in [5, 5.41) is 8.97. The highest BCUT2D eigenvalue weighted by Gasteiger charge is 2.33. The molecule has 2 aliphatic carbocycles. The van der Waals surface area contributed by atoms with Gasteiger partial charge in [0.25, 0.3) is 0 Å². The van der Waals surface area contributed by atoms with E-state index < -0.39 is 5.97 Å². The molecule has 17 heavy (non-hydrogen) atoms. The summed E-state index contributed by atoms with van der Waals surface area (Å²) in [5.41, 5.74) is 2.65. The van der Waals surface area contributed by atoms with Crippen LogP contribution in [0.4, 0.5) is 0 Å². The minimum Gasteiger partial charge on any atom is -0.481 e. The van der Waals surface area contributed by atoms with Crippen molar-refractivity contribution in [3.63, 3.8) is 0 Å². The molecular weight excluding hydrogens is 212 g/mol. The summed E-state index contributed by atoms with van der Waals surface area (Å²) >= 11 is 0. The van der Waals surface area contributed by atoms with E-state index in [0.29, 0.717) is 5.92 Å². The third-order valence-electron chi connectivity index (χ3n) is 4.00. The van der Waals surface area contributed by atoms with E-state index >= 15 is 0 Å². The lowest BCUT2D eigenvalue weighted by Gasteiger charge is -2.14. The van der Waals surface area contributed by atoms with Crippen molar-refractivity contribution in [2.75, 3.05) is 0 Å². The number of benzene rings is 1. The first-order valence-corrected chi connectivity index (χ1v) is 6.55. The Balaban J connectivity index is 1.77. The van der Waals surface area contributed by atoms with Crippen LogP contribution in [0.3, 0.4) is 0 Å². The summed E-state index contributed by atoms with van der Waals surface area (Å²) in [5.74, 6) is 0.953. The lowest BCUT2D eigenvalue weighted by molar-refractivity contribution is -0.137. The van der Waals surface area contributed by atoms with Gasteiger partial charge in [-0.15, -0.1) is 0 Å². The maximum Gasteiger partial charge on any atom is 0.303 e. The average molecular weight is 230 g/mol. The van der Waals surface area contributed by atoms with E-state index in [1.165, 1.54) is 36.8 Å². The molecule has 0 aliphatic heterocycles. The Morgan fingerprint density at radius 2 is 1.82 bits per heavy atom. The Morgan fingerprint density at radius 1 is 1.18 bits per heavy atom. The molecule has 1 atom stereocenters. The van der Waals surface area contributed by atoms with Crippen LogP contribution in [-0.2, 0) is 4.79 Å². The minimum absolute atomic E-state index is 0.237. The summed E-state index contributed by atoms with van der Waals surface area (Å²) in [4.78, 5) is 10.9. The van der Waals surface area contributed by atoms with E-state index in [1.807, 2.05) is 0 Å². The molecule has 2 saturated carbocycles. The molecule has 3 rings (SSSR count). The van der Waals surface area contributed by atoms with E-state index in [9.17, 15) is 4.79 Å². The molecular formula is C15H18O2. The monoisotopic (exact) mass is 230 g/mol. The smallest absolute Gasteiger partial charge is 0.303 e. The zero-order chi connectivity index (χ0) is 11.8. The maximum absolute atomic E-state index is 10.9. The molecule has 0 amide bonds. The van der Waals surface area contributed by atoms with E-state index in [4.69, 9.17) is 5.11 Å². The second-order valence-electron chi connectivity index (χ2n) is 5.48. The number of carbonyl (C=O) groups is 1. The molecule has 0 heterocycles. The molecule has 0 aromatic heterocycles. The van der Waals surface area contributed by atoms with Crippen molar-refractivity contribution in [2.24, 2.45) is 5.92 Å². The number of hydrogen-bond acceptors (Lipinski definition) is 1. The van der Waals surface area contributed by atoms with Gasteiger partial charge < -0.3 is 5.11 Å². The standard InChI is InChI=1S/C15H18O2/c16-15(17)9-14(13-7-8-13)12-5-3-11(4-6-12)10-1-2-10/h3-6,10,13-14H,1-2,7-9H2,(H,16,17). The van der Waals surface area contributed by atoms with Gasteiger partial charge in [0.1, 0.15) is 0 Å². The number of aliphatic carboxylic acids is 1. The summed E-state index contributed by atoms with van der Waals surface area (Å²) in [6.45, 7) is 0. The van der Waals surface area contributed by atoms with Crippen molar-refractivity contribution in [1.29, 1.82) is 0 Å². The molecule has 0 radical (unpaired) electrons. The predicted molar refractivity (Wildman–Crippen MR) is 66.1 cm³/mol. The topological polar surface area (TPSA) is 37.3 Å². The summed E-state index contributed by atoms with van der Waals surface area (Å²) < 4.78 is 0. The fourth-order valence-electron chi connectivity index (χ4n) is 2.68. The summed E-state index contributed by atoms with van der Waals surface area (Å²) in [6.07, 6.45) is 5.32. The van der Waals surface area contributed by atoms with Crippen LogP contribution in [-0.4, -0.2) is 11.1 Å². The Bertz CT molecular complexity index is 413. The number of carboxylic acids is 1. The molecule has 2 nitrogen and oxygen atoms in total. The van der Waals surface area contributed by atoms with Crippen LogP contribution in [0.15, 0.2) is 24.3 Å². The lowest BCUT2D eigenvalue weighted by atomic mass is 9.90. The zero-order valence-corrected chi connectivity index (χ0v) is 9.93. The normalized spacial score (nSPS) is 21.2. The van der Waals surface area contributed by atoms with E-state index in [0.717, 1.165) is 5.92 Å². The van der Waals surface area contributed by atoms with Gasteiger partial charge in [-0.1, -0.05) is 24.3 Å². The van der Waals surface area contributed by atoms with Crippen LogP contribution in [0.5, 0.6) is 0 Å². The van der Waals surface area contributed by atoms with Gasteiger partial charge in [-0.05, 0) is 54.6 Å². The highest BCUT2D eigenvalue weighted by molar-refractivity contribution is 5.68. The van der Waals surface area contributed by atoms with Gasteiger partial charge in [0, 0.05) is 0 Å². The first kappa shape index (κ1) is 10.8. The first-order valence-electron chi connectivity index (χ1n) is 6.55. The molecule has 2 heteroatoms. The minimum atomic E-state index is -0.673. The van der Waals surface area contributed by atoms with E-state index in [2.05, 4.69) is 24.3 Å². The first-order chi connectivity index (χ1) is 8.24. The molecule has 90 valence electrons. The molecule has 2 aliphatic rings.